The molecule has 0 bridgehead atoms. The van der Waals surface area contributed by atoms with Crippen molar-refractivity contribution in [3.63, 3.8) is 0 Å². The summed E-state index contributed by atoms with van der Waals surface area (Å²) < 4.78 is 0. The number of nitrogens with two attached hydrogens (primary N) is 2. The maximum Gasteiger partial charge on any atom is 0.246 e. The molecule has 2 aromatic carbocycles. The van der Waals surface area contributed by atoms with Crippen LogP contribution in [0.4, 0.5) is 0 Å². The molecule has 3 saturated heterocycles. The Morgan fingerprint density at radius 2 is 1.19 bits per heavy atom. The average molecular weight is 1450 g/mol. The first kappa shape index (κ1) is 82.8. The molecule has 6 rings (SSSR count). The summed E-state index contributed by atoms with van der Waals surface area (Å²) in [7, 11) is 0. The van der Waals surface area contributed by atoms with Crippen LogP contribution >= 0.6 is 11.8 Å². The van der Waals surface area contributed by atoms with Crippen LogP contribution in [0.5, 0.6) is 0 Å². The zero-order valence-electron chi connectivity index (χ0n) is 60.7. The van der Waals surface area contributed by atoms with Crippen molar-refractivity contribution in [1.82, 2.24) is 73.3 Å². The van der Waals surface area contributed by atoms with Crippen LogP contribution < -0.4 is 70.0 Å². The molecule has 30 nitrogen and oxygen atoms in total. The Bertz CT molecular complexity index is 3460. The fourth-order valence-corrected chi connectivity index (χ4v) is 13.9. The van der Waals surface area contributed by atoms with Gasteiger partial charge in [-0.1, -0.05) is 96.5 Å². The van der Waals surface area contributed by atoms with E-state index in [2.05, 4.69) is 63.5 Å². The van der Waals surface area contributed by atoms with Crippen molar-refractivity contribution in [2.24, 2.45) is 29.2 Å². The predicted octanol–water partition coefficient (Wildman–Crippen LogP) is 0.239. The summed E-state index contributed by atoms with van der Waals surface area (Å²) in [5, 5.41) is 31.6. The van der Waals surface area contributed by atoms with Crippen LogP contribution in [0.2, 0.25) is 0 Å². The Labute approximate surface area is 606 Å². The predicted molar refractivity (Wildman–Crippen MR) is 388 cm³/mol. The third-order valence-electron chi connectivity index (χ3n) is 18.7. The minimum absolute atomic E-state index is 0.00365. The van der Waals surface area contributed by atoms with Crippen LogP contribution in [-0.2, 0) is 80.0 Å². The molecule has 1 aromatic heterocycles. The van der Waals surface area contributed by atoms with Crippen molar-refractivity contribution in [1.29, 1.82) is 0 Å². The monoisotopic (exact) mass is 1450 g/mol. The molecule has 31 heteroatoms. The number of amides is 14. The molecular formula is C72H108N16O14S. The van der Waals surface area contributed by atoms with Gasteiger partial charge in [0.25, 0.3) is 0 Å². The van der Waals surface area contributed by atoms with E-state index in [-0.39, 0.29) is 94.4 Å². The number of hydrogen-bond donors (Lipinski definition) is 14. The summed E-state index contributed by atoms with van der Waals surface area (Å²) in [6.07, 6.45) is 3.78. The SMILES string of the molecule is CC[C@H](C)[C@H](NC(=O)[C@H](Cc1c[nH]c2ccccc12)NC(=O)[C@@H]1CCCN1C(=O)[C@@H]1CCCN1C(=O)[C@H](C)NC(=O)[C@H](Cc1ccccc1)NC(=O)[C@@H]1CCCCNCCSC[C@H](NC(=O)[C@H](C)NC(C)=O)C(=O)N[C@@H](CC(C)C)C(=O)N[C@@H](CC(C)C)C(=O)N[C@@H](CCC(N)=O)C(=O)N1)C(N)=O. The Balaban J connectivity index is 1.21. The molecule has 3 aromatic rings. The number of primary amides is 2. The second kappa shape index (κ2) is 40.6. The van der Waals surface area contributed by atoms with E-state index in [9.17, 15) is 67.1 Å². The van der Waals surface area contributed by atoms with Gasteiger partial charge < -0.3 is 84.7 Å². The summed E-state index contributed by atoms with van der Waals surface area (Å²) in [4.78, 5) is 202. The van der Waals surface area contributed by atoms with E-state index in [0.29, 0.717) is 56.5 Å². The summed E-state index contributed by atoms with van der Waals surface area (Å²) in [5.74, 6) is -9.86. The molecule has 13 atom stereocenters. The second-order valence-corrected chi connectivity index (χ2v) is 29.2. The van der Waals surface area contributed by atoms with Crippen LogP contribution in [0, 0.1) is 17.8 Å². The first-order valence-corrected chi connectivity index (χ1v) is 37.2. The van der Waals surface area contributed by atoms with Gasteiger partial charge in [-0.15, -0.1) is 0 Å². The highest BCUT2D eigenvalue weighted by Crippen LogP contribution is 2.27. The van der Waals surface area contributed by atoms with Gasteiger partial charge in [0.15, 0.2) is 0 Å². The van der Waals surface area contributed by atoms with E-state index in [0.717, 1.165) is 16.5 Å². The van der Waals surface area contributed by atoms with Gasteiger partial charge >= 0.3 is 0 Å². The topological polar surface area (TPSA) is 446 Å². The summed E-state index contributed by atoms with van der Waals surface area (Å²) >= 11 is 1.34. The van der Waals surface area contributed by atoms with E-state index in [1.165, 1.54) is 42.3 Å². The number of aromatic amines is 1. The number of carbonyl (C=O) groups excluding carboxylic acids is 14. The van der Waals surface area contributed by atoms with Crippen LogP contribution in [0.3, 0.4) is 0 Å². The first-order valence-electron chi connectivity index (χ1n) is 36.0. The first-order chi connectivity index (χ1) is 49.0. The number of fused-ring (bicyclic) bond motifs is 1. The number of carbonyl (C=O) groups is 14. The molecule has 3 aliphatic heterocycles. The van der Waals surface area contributed by atoms with Crippen molar-refractivity contribution in [2.75, 3.05) is 37.7 Å². The smallest absolute Gasteiger partial charge is 0.246 e. The Hall–Kier alpha value is -9.13. The minimum atomic E-state index is -1.51. The Morgan fingerprint density at radius 1 is 0.602 bits per heavy atom. The summed E-state index contributed by atoms with van der Waals surface area (Å²) in [6.45, 7) is 16.3. The lowest BCUT2D eigenvalue weighted by molar-refractivity contribution is -0.148. The maximum atomic E-state index is 14.9. The zero-order valence-corrected chi connectivity index (χ0v) is 61.6. The largest absolute Gasteiger partial charge is 0.370 e. The second-order valence-electron chi connectivity index (χ2n) is 28.1. The highest BCUT2D eigenvalue weighted by Gasteiger charge is 2.45. The number of rotatable bonds is 27. The van der Waals surface area contributed by atoms with E-state index in [1.54, 1.807) is 57.3 Å². The van der Waals surface area contributed by atoms with E-state index >= 15 is 0 Å². The molecule has 0 spiro atoms. The van der Waals surface area contributed by atoms with Gasteiger partial charge in [-0.3, -0.25) is 67.1 Å². The van der Waals surface area contributed by atoms with E-state index < -0.39 is 155 Å². The Morgan fingerprint density at radius 3 is 1.83 bits per heavy atom. The normalized spacial score (nSPS) is 22.4. The number of hydrogen-bond acceptors (Lipinski definition) is 16. The minimum Gasteiger partial charge on any atom is -0.370 e. The van der Waals surface area contributed by atoms with Crippen LogP contribution in [0.25, 0.3) is 10.9 Å². The molecule has 0 aliphatic carbocycles. The zero-order chi connectivity index (χ0) is 75.6. The standard InChI is InChI=1S/C72H108N16O14S/c1-10-42(6)60(61(74)91)86-68(98)55(37-47-38-76-49-23-15-14-22-48(47)49)84-70(100)57-25-18-31-87(57)72(102)58-26-19-32-88(58)71(101)44(8)78-65(95)54(36-46-20-12-11-13-21-46)83-63(93)50-24-16-17-29-75-30-33-103-39-56(85-62(92)43(7)77-45(9)89)69(99)82-53(35-41(4)5)67(97)81-52(34-40(2)3)66(96)80-51(64(94)79-50)27-28-59(73)90/h11-15,20-23,38,40-44,50-58,60,75-76H,10,16-19,24-37,39H2,1-9H3,(H2,73,90)(H2,74,91)(H,77,89)(H,78,95)(H,79,94)(H,80,96)(H,81,97)(H,82,99)(H,83,93)(H,84,100)(H,85,92)(H,86,98)/t42-,43-,44-,50-,51-,52-,53-,54-,55-,56-,57-,58-,60-/m0/s1. The highest BCUT2D eigenvalue weighted by molar-refractivity contribution is 7.99. The van der Waals surface area contributed by atoms with Crippen molar-refractivity contribution in [3.05, 3.63) is 71.9 Å². The molecule has 0 unspecified atom stereocenters. The quantitative estimate of drug-likeness (QED) is 0.0486. The fraction of sp³-hybridized carbons (Fsp3) is 0.611. The number of aromatic nitrogens is 1. The molecular weight excluding hydrogens is 1340 g/mol. The van der Waals surface area contributed by atoms with E-state index in [4.69, 9.17) is 11.5 Å². The number of nitrogens with one attached hydrogen (secondary N) is 12. The van der Waals surface area contributed by atoms with Crippen molar-refractivity contribution >= 4 is 105 Å². The van der Waals surface area contributed by atoms with Gasteiger partial charge in [0, 0.05) is 74.4 Å². The van der Waals surface area contributed by atoms with Crippen LogP contribution in [0.1, 0.15) is 150 Å². The summed E-state index contributed by atoms with van der Waals surface area (Å²) in [6, 6.07) is 1.72. The van der Waals surface area contributed by atoms with Gasteiger partial charge in [0.2, 0.25) is 82.7 Å². The van der Waals surface area contributed by atoms with Crippen molar-refractivity contribution < 1.29 is 67.1 Å². The van der Waals surface area contributed by atoms with Gasteiger partial charge in [-0.2, -0.15) is 11.8 Å². The molecule has 0 saturated carbocycles. The molecule has 16 N–H and O–H groups in total. The van der Waals surface area contributed by atoms with Crippen LogP contribution in [0.15, 0.2) is 60.8 Å². The van der Waals surface area contributed by atoms with Crippen molar-refractivity contribution in [3.8, 4) is 0 Å². The third-order valence-corrected chi connectivity index (χ3v) is 19.8. The number of likely N-dealkylation sites (tertiary alicyclic amines) is 2. The number of H-pyrrole nitrogens is 1. The number of thioether (sulfide) groups is 1. The maximum absolute atomic E-state index is 14.9. The van der Waals surface area contributed by atoms with Crippen LogP contribution in [-0.4, -0.2) is 208 Å². The lowest BCUT2D eigenvalue weighted by Gasteiger charge is -2.33. The average Bonchev–Trinajstić information content (AvgIpc) is 1.68. The van der Waals surface area contributed by atoms with Crippen molar-refractivity contribution in [2.45, 2.75) is 225 Å². The molecule has 103 heavy (non-hydrogen) atoms. The summed E-state index contributed by atoms with van der Waals surface area (Å²) in [5.41, 5.74) is 13.5. The van der Waals surface area contributed by atoms with Gasteiger partial charge in [-0.25, -0.2) is 0 Å². The molecule has 566 valence electrons. The van der Waals surface area contributed by atoms with Gasteiger partial charge in [-0.05, 0) is 120 Å². The van der Waals surface area contributed by atoms with Gasteiger partial charge in [0.05, 0.1) is 0 Å². The third kappa shape index (κ3) is 25.4. The molecule has 3 aliphatic rings. The molecule has 3 fully saturated rings. The van der Waals surface area contributed by atoms with Gasteiger partial charge in [0.1, 0.15) is 72.5 Å². The number of para-hydroxylation sites is 1. The molecule has 0 radical (unpaired) electrons. The fourth-order valence-electron chi connectivity index (χ4n) is 13.0. The lowest BCUT2D eigenvalue weighted by atomic mass is 9.97. The number of benzene rings is 2. The van der Waals surface area contributed by atoms with E-state index in [1.807, 2.05) is 45.0 Å². The Kier molecular flexibility index (Phi) is 32.7. The molecule has 14 amide bonds. The molecule has 4 heterocycles. The lowest BCUT2D eigenvalue weighted by Crippen LogP contribution is -2.61. The highest BCUT2D eigenvalue weighted by atomic mass is 32.2. The number of nitrogens with zero attached hydrogens (tertiary/aromatic N) is 2.